The molecule has 0 unspecified atom stereocenters. The number of para-hydroxylation sites is 1. The van der Waals surface area contributed by atoms with Crippen LogP contribution in [0, 0.1) is 0 Å². The molecule has 0 atom stereocenters. The van der Waals surface area contributed by atoms with Crippen LogP contribution in [0.4, 0.5) is 0 Å². The van der Waals surface area contributed by atoms with Crippen molar-refractivity contribution < 1.29 is 9.53 Å². The Bertz CT molecular complexity index is 686. The number of ether oxygens (including phenoxy) is 1. The lowest BCUT2D eigenvalue weighted by atomic mass is 10.2. The second kappa shape index (κ2) is 9.10. The molecule has 0 radical (unpaired) electrons. The molecule has 0 aromatic heterocycles. The Kier molecular flexibility index (Phi) is 6.81. The van der Waals surface area contributed by atoms with Crippen LogP contribution in [0.3, 0.4) is 0 Å². The lowest BCUT2D eigenvalue weighted by Gasteiger charge is -2.08. The highest BCUT2D eigenvalue weighted by atomic mass is 79.9. The third-order valence-corrected chi connectivity index (χ3v) is 3.85. The van der Waals surface area contributed by atoms with Crippen LogP contribution in [-0.2, 0) is 0 Å². The van der Waals surface area contributed by atoms with E-state index < -0.39 is 0 Å². The van der Waals surface area contributed by atoms with Gasteiger partial charge in [0.15, 0.2) is 0 Å². The van der Waals surface area contributed by atoms with Crippen molar-refractivity contribution in [1.29, 1.82) is 0 Å². The molecule has 0 spiro atoms. The van der Waals surface area contributed by atoms with E-state index in [-0.39, 0.29) is 5.91 Å². The van der Waals surface area contributed by atoms with Gasteiger partial charge in [-0.1, -0.05) is 37.6 Å². The van der Waals surface area contributed by atoms with E-state index in [1.807, 2.05) is 36.4 Å². The molecule has 0 heterocycles. The lowest BCUT2D eigenvalue weighted by Crippen LogP contribution is -2.18. The number of nitrogens with one attached hydrogen (secondary N) is 1. The van der Waals surface area contributed by atoms with E-state index in [9.17, 15) is 4.79 Å². The number of halogens is 1. The number of hydrazone groups is 1. The van der Waals surface area contributed by atoms with Gasteiger partial charge in [-0.3, -0.25) is 4.79 Å². The summed E-state index contributed by atoms with van der Waals surface area (Å²) in [6.07, 6.45) is 3.68. The van der Waals surface area contributed by atoms with Gasteiger partial charge in [0.05, 0.1) is 18.4 Å². The SMILES string of the molecule is CCCCOc1ccccc1/C=N\NC(=O)c1ccccc1Br. The minimum absolute atomic E-state index is 0.266. The summed E-state index contributed by atoms with van der Waals surface area (Å²) in [5.41, 5.74) is 3.90. The molecule has 120 valence electrons. The average Bonchev–Trinajstić information content (AvgIpc) is 2.57. The number of hydrogen-bond donors (Lipinski definition) is 1. The number of nitrogens with zero attached hydrogens (tertiary/aromatic N) is 1. The standard InChI is InChI=1S/C18H19BrN2O2/c1-2-3-12-23-17-11-7-4-8-14(17)13-20-21-18(22)15-9-5-6-10-16(15)19/h4-11,13H,2-3,12H2,1H3,(H,21,22)/b20-13-. The van der Waals surface area contributed by atoms with Crippen molar-refractivity contribution in [2.45, 2.75) is 19.8 Å². The Morgan fingerprint density at radius 2 is 1.96 bits per heavy atom. The number of unbranched alkanes of at least 4 members (excludes halogenated alkanes) is 1. The van der Waals surface area contributed by atoms with Gasteiger partial charge in [0, 0.05) is 10.0 Å². The van der Waals surface area contributed by atoms with Crippen LogP contribution in [0.5, 0.6) is 5.75 Å². The van der Waals surface area contributed by atoms with E-state index in [0.29, 0.717) is 12.2 Å². The van der Waals surface area contributed by atoms with Gasteiger partial charge in [-0.2, -0.15) is 5.10 Å². The molecule has 0 aliphatic heterocycles. The zero-order chi connectivity index (χ0) is 16.5. The van der Waals surface area contributed by atoms with Crippen LogP contribution in [0.1, 0.15) is 35.7 Å². The molecule has 1 amide bonds. The molecular formula is C18H19BrN2O2. The van der Waals surface area contributed by atoms with Gasteiger partial charge >= 0.3 is 0 Å². The Balaban J connectivity index is 2.00. The van der Waals surface area contributed by atoms with E-state index in [1.54, 1.807) is 18.3 Å². The van der Waals surface area contributed by atoms with Crippen molar-refractivity contribution >= 4 is 28.1 Å². The van der Waals surface area contributed by atoms with Crippen LogP contribution in [-0.4, -0.2) is 18.7 Å². The molecule has 0 bridgehead atoms. The zero-order valence-corrected chi connectivity index (χ0v) is 14.5. The van der Waals surface area contributed by atoms with E-state index in [0.717, 1.165) is 28.6 Å². The Morgan fingerprint density at radius 1 is 1.22 bits per heavy atom. The average molecular weight is 375 g/mol. The third kappa shape index (κ3) is 5.21. The molecule has 2 aromatic rings. The van der Waals surface area contributed by atoms with Gasteiger partial charge in [0.25, 0.3) is 5.91 Å². The first-order valence-corrected chi connectivity index (χ1v) is 8.31. The predicted molar refractivity (Wildman–Crippen MR) is 96.0 cm³/mol. The molecular weight excluding hydrogens is 356 g/mol. The van der Waals surface area contributed by atoms with Crippen LogP contribution >= 0.6 is 15.9 Å². The maximum Gasteiger partial charge on any atom is 0.272 e. The predicted octanol–water partition coefficient (Wildman–Crippen LogP) is 4.39. The van der Waals surface area contributed by atoms with E-state index in [2.05, 4.69) is 33.4 Å². The summed E-state index contributed by atoms with van der Waals surface area (Å²) in [4.78, 5) is 12.1. The Hall–Kier alpha value is -2.14. The highest BCUT2D eigenvalue weighted by Crippen LogP contribution is 2.17. The highest BCUT2D eigenvalue weighted by molar-refractivity contribution is 9.10. The number of benzene rings is 2. The fraction of sp³-hybridized carbons (Fsp3) is 0.222. The van der Waals surface area contributed by atoms with Crippen molar-refractivity contribution in [2.24, 2.45) is 5.10 Å². The van der Waals surface area contributed by atoms with E-state index in [1.165, 1.54) is 0 Å². The summed E-state index contributed by atoms with van der Waals surface area (Å²) in [5.74, 6) is 0.498. The Morgan fingerprint density at radius 3 is 2.74 bits per heavy atom. The number of carbonyl (C=O) groups is 1. The summed E-state index contributed by atoms with van der Waals surface area (Å²) in [5, 5.41) is 4.02. The largest absolute Gasteiger partial charge is 0.493 e. The third-order valence-electron chi connectivity index (χ3n) is 3.16. The first-order chi connectivity index (χ1) is 11.2. The highest BCUT2D eigenvalue weighted by Gasteiger charge is 2.07. The topological polar surface area (TPSA) is 50.7 Å². The first kappa shape index (κ1) is 17.2. The molecule has 0 aliphatic carbocycles. The summed E-state index contributed by atoms with van der Waals surface area (Å²) < 4.78 is 6.46. The number of hydrogen-bond acceptors (Lipinski definition) is 3. The maximum absolute atomic E-state index is 12.1. The monoisotopic (exact) mass is 374 g/mol. The maximum atomic E-state index is 12.1. The van der Waals surface area contributed by atoms with Gasteiger partial charge in [0.1, 0.15) is 5.75 Å². The van der Waals surface area contributed by atoms with Crippen LogP contribution < -0.4 is 10.2 Å². The molecule has 0 saturated heterocycles. The van der Waals surface area contributed by atoms with Crippen molar-refractivity contribution in [2.75, 3.05) is 6.61 Å². The molecule has 0 fully saturated rings. The fourth-order valence-electron chi connectivity index (χ4n) is 1.91. The normalized spacial score (nSPS) is 10.7. The van der Waals surface area contributed by atoms with Crippen molar-refractivity contribution in [3.63, 3.8) is 0 Å². The molecule has 0 aliphatic rings. The minimum atomic E-state index is -0.266. The van der Waals surface area contributed by atoms with Crippen molar-refractivity contribution in [3.8, 4) is 5.75 Å². The summed E-state index contributed by atoms with van der Waals surface area (Å²) in [6, 6.07) is 14.8. The summed E-state index contributed by atoms with van der Waals surface area (Å²) in [7, 11) is 0. The second-order valence-corrected chi connectivity index (χ2v) is 5.77. The van der Waals surface area contributed by atoms with Gasteiger partial charge in [-0.15, -0.1) is 0 Å². The fourth-order valence-corrected chi connectivity index (χ4v) is 2.38. The zero-order valence-electron chi connectivity index (χ0n) is 13.0. The lowest BCUT2D eigenvalue weighted by molar-refractivity contribution is 0.0954. The number of rotatable bonds is 7. The first-order valence-electron chi connectivity index (χ1n) is 7.52. The van der Waals surface area contributed by atoms with E-state index >= 15 is 0 Å². The molecule has 2 aromatic carbocycles. The second-order valence-electron chi connectivity index (χ2n) is 4.92. The summed E-state index contributed by atoms with van der Waals surface area (Å²) >= 11 is 3.35. The van der Waals surface area contributed by atoms with E-state index in [4.69, 9.17) is 4.74 Å². The van der Waals surface area contributed by atoms with Crippen molar-refractivity contribution in [1.82, 2.24) is 5.43 Å². The molecule has 0 saturated carbocycles. The van der Waals surface area contributed by atoms with Gasteiger partial charge in [-0.25, -0.2) is 5.43 Å². The molecule has 23 heavy (non-hydrogen) atoms. The van der Waals surface area contributed by atoms with Crippen LogP contribution in [0.25, 0.3) is 0 Å². The van der Waals surface area contributed by atoms with Crippen molar-refractivity contribution in [3.05, 3.63) is 64.1 Å². The number of carbonyl (C=O) groups excluding carboxylic acids is 1. The van der Waals surface area contributed by atoms with Gasteiger partial charge < -0.3 is 4.74 Å². The summed E-state index contributed by atoms with van der Waals surface area (Å²) in [6.45, 7) is 2.79. The number of amides is 1. The molecule has 1 N–H and O–H groups in total. The quantitative estimate of drug-likeness (QED) is 0.443. The molecule has 5 heteroatoms. The van der Waals surface area contributed by atoms with Gasteiger partial charge in [-0.05, 0) is 46.6 Å². The van der Waals surface area contributed by atoms with Crippen LogP contribution in [0.2, 0.25) is 0 Å². The molecule has 2 rings (SSSR count). The minimum Gasteiger partial charge on any atom is -0.493 e. The van der Waals surface area contributed by atoms with Crippen LogP contribution in [0.15, 0.2) is 58.1 Å². The Labute approximate surface area is 144 Å². The smallest absolute Gasteiger partial charge is 0.272 e. The van der Waals surface area contributed by atoms with Gasteiger partial charge in [0.2, 0.25) is 0 Å². The molecule has 4 nitrogen and oxygen atoms in total.